The standard InChI is InChI=1S/C23H24N4O5/c1-4-25-18-11-10-17(27(31)32)12-16(18)13-23(19(25)15-8-6-5-7-9-15)20(28)24-22(30)26(14(2)3)21(23)29/h5-12,14,19H,4,13H2,1-3H3,(H,24,28,30)/t19-,23-/m1/s1. The van der Waals surface area contributed by atoms with Crippen molar-refractivity contribution in [1.29, 1.82) is 0 Å². The highest BCUT2D eigenvalue weighted by Gasteiger charge is 2.62. The first-order chi connectivity index (χ1) is 15.2. The molecule has 2 aliphatic rings. The van der Waals surface area contributed by atoms with E-state index in [-0.39, 0.29) is 12.1 Å². The summed E-state index contributed by atoms with van der Waals surface area (Å²) in [4.78, 5) is 53.8. The first-order valence-corrected chi connectivity index (χ1v) is 10.5. The fourth-order valence-corrected chi connectivity index (χ4v) is 4.90. The van der Waals surface area contributed by atoms with Crippen LogP contribution in [0.4, 0.5) is 16.2 Å². The summed E-state index contributed by atoms with van der Waals surface area (Å²) in [6.45, 7) is 5.76. The molecule has 0 unspecified atom stereocenters. The molecule has 9 heteroatoms. The van der Waals surface area contributed by atoms with Crippen molar-refractivity contribution in [3.63, 3.8) is 0 Å². The molecule has 0 aliphatic carbocycles. The van der Waals surface area contributed by atoms with Crippen LogP contribution < -0.4 is 10.2 Å². The molecule has 0 saturated carbocycles. The summed E-state index contributed by atoms with van der Waals surface area (Å²) in [5, 5.41) is 13.8. The number of benzene rings is 2. The van der Waals surface area contributed by atoms with Gasteiger partial charge in [0.1, 0.15) is 0 Å². The third-order valence-corrected chi connectivity index (χ3v) is 6.25. The molecule has 1 N–H and O–H groups in total. The van der Waals surface area contributed by atoms with Gasteiger partial charge in [0.25, 0.3) is 5.69 Å². The maximum absolute atomic E-state index is 13.9. The van der Waals surface area contributed by atoms with E-state index >= 15 is 0 Å². The van der Waals surface area contributed by atoms with Crippen molar-refractivity contribution in [2.45, 2.75) is 39.3 Å². The van der Waals surface area contributed by atoms with Gasteiger partial charge in [-0.3, -0.25) is 29.9 Å². The molecule has 0 aromatic heterocycles. The number of urea groups is 1. The Morgan fingerprint density at radius 2 is 1.84 bits per heavy atom. The zero-order chi connectivity index (χ0) is 23.2. The molecule has 2 aliphatic heterocycles. The summed E-state index contributed by atoms with van der Waals surface area (Å²) in [5.74, 6) is -1.28. The monoisotopic (exact) mass is 436 g/mol. The van der Waals surface area contributed by atoms with E-state index in [1.54, 1.807) is 19.9 Å². The van der Waals surface area contributed by atoms with Crippen molar-refractivity contribution in [1.82, 2.24) is 10.2 Å². The van der Waals surface area contributed by atoms with Crippen LogP contribution in [0.25, 0.3) is 0 Å². The van der Waals surface area contributed by atoms with Crippen LogP contribution in [0.2, 0.25) is 0 Å². The molecule has 4 rings (SSSR count). The molecule has 0 bridgehead atoms. The number of barbiturate groups is 1. The average Bonchev–Trinajstić information content (AvgIpc) is 2.76. The molecule has 2 aromatic carbocycles. The second-order valence-corrected chi connectivity index (χ2v) is 8.35. The lowest BCUT2D eigenvalue weighted by atomic mass is 9.66. The number of non-ortho nitro benzene ring substituents is 1. The quantitative estimate of drug-likeness (QED) is 0.447. The van der Waals surface area contributed by atoms with Crippen LogP contribution in [-0.2, 0) is 16.0 Å². The number of imide groups is 2. The van der Waals surface area contributed by atoms with Gasteiger partial charge < -0.3 is 4.90 Å². The lowest BCUT2D eigenvalue weighted by molar-refractivity contribution is -0.384. The summed E-state index contributed by atoms with van der Waals surface area (Å²) in [6, 6.07) is 11.8. The second-order valence-electron chi connectivity index (χ2n) is 8.35. The van der Waals surface area contributed by atoms with Gasteiger partial charge >= 0.3 is 6.03 Å². The SMILES string of the molecule is CCN1c2ccc([N+](=O)[O-])cc2C[C@]2(C(=O)NC(=O)N(C(C)C)C2=O)[C@H]1c1ccccc1. The number of rotatable bonds is 4. The zero-order valence-electron chi connectivity index (χ0n) is 18.1. The summed E-state index contributed by atoms with van der Waals surface area (Å²) >= 11 is 0. The van der Waals surface area contributed by atoms with Gasteiger partial charge in [0, 0.05) is 36.8 Å². The molecular formula is C23H24N4O5. The third kappa shape index (κ3) is 3.04. The van der Waals surface area contributed by atoms with Crippen LogP contribution >= 0.6 is 0 Å². The molecule has 1 saturated heterocycles. The van der Waals surface area contributed by atoms with E-state index in [1.807, 2.05) is 42.2 Å². The number of anilines is 1. The van der Waals surface area contributed by atoms with Gasteiger partial charge in [-0.1, -0.05) is 30.3 Å². The lowest BCUT2D eigenvalue weighted by Gasteiger charge is -2.52. The molecule has 4 amide bonds. The third-order valence-electron chi connectivity index (χ3n) is 6.25. The molecule has 166 valence electrons. The maximum atomic E-state index is 13.9. The van der Waals surface area contributed by atoms with E-state index in [4.69, 9.17) is 0 Å². The van der Waals surface area contributed by atoms with Crippen LogP contribution in [0.5, 0.6) is 0 Å². The lowest BCUT2D eigenvalue weighted by Crippen LogP contribution is -2.70. The van der Waals surface area contributed by atoms with Gasteiger partial charge in [0.2, 0.25) is 11.8 Å². The molecule has 0 radical (unpaired) electrons. The fraction of sp³-hybridized carbons (Fsp3) is 0.348. The Balaban J connectivity index is 2.01. The Morgan fingerprint density at radius 3 is 2.44 bits per heavy atom. The number of nitrogens with one attached hydrogen (secondary N) is 1. The Kier molecular flexibility index (Phi) is 5.20. The second kappa shape index (κ2) is 7.74. The topological polar surface area (TPSA) is 113 Å². The number of amides is 4. The number of fused-ring (bicyclic) bond motifs is 1. The molecule has 2 heterocycles. The number of carbonyl (C=O) groups is 3. The van der Waals surface area contributed by atoms with Gasteiger partial charge in [-0.2, -0.15) is 0 Å². The maximum Gasteiger partial charge on any atom is 0.331 e. The van der Waals surface area contributed by atoms with E-state index in [1.165, 1.54) is 12.1 Å². The van der Waals surface area contributed by atoms with E-state index in [0.717, 1.165) is 16.2 Å². The Bertz CT molecular complexity index is 1120. The molecule has 32 heavy (non-hydrogen) atoms. The van der Waals surface area contributed by atoms with Crippen molar-refractivity contribution in [3.05, 3.63) is 69.8 Å². The normalized spacial score (nSPS) is 22.9. The van der Waals surface area contributed by atoms with Gasteiger partial charge in [0.05, 0.1) is 11.0 Å². The minimum atomic E-state index is -1.65. The predicted octanol–water partition coefficient (Wildman–Crippen LogP) is 3.19. The predicted molar refractivity (Wildman–Crippen MR) is 117 cm³/mol. The smallest absolute Gasteiger partial charge is 0.331 e. The summed E-state index contributed by atoms with van der Waals surface area (Å²) < 4.78 is 0. The first kappa shape index (κ1) is 21.5. The van der Waals surface area contributed by atoms with Crippen molar-refractivity contribution < 1.29 is 19.3 Å². The van der Waals surface area contributed by atoms with E-state index in [9.17, 15) is 24.5 Å². The summed E-state index contributed by atoms with van der Waals surface area (Å²) in [5.41, 5.74) is 0.229. The zero-order valence-corrected chi connectivity index (χ0v) is 18.1. The van der Waals surface area contributed by atoms with Crippen molar-refractivity contribution >= 4 is 29.2 Å². The molecule has 1 spiro atoms. The van der Waals surface area contributed by atoms with Gasteiger partial charge in [-0.25, -0.2) is 4.79 Å². The summed E-state index contributed by atoms with van der Waals surface area (Å²) in [6.07, 6.45) is -0.0543. The highest BCUT2D eigenvalue weighted by atomic mass is 16.6. The van der Waals surface area contributed by atoms with Crippen LogP contribution in [0.3, 0.4) is 0 Å². The summed E-state index contributed by atoms with van der Waals surface area (Å²) in [7, 11) is 0. The van der Waals surface area contributed by atoms with Crippen molar-refractivity contribution in [3.8, 4) is 0 Å². The molecule has 9 nitrogen and oxygen atoms in total. The molecular weight excluding hydrogens is 412 g/mol. The van der Waals surface area contributed by atoms with Crippen molar-refractivity contribution in [2.24, 2.45) is 5.41 Å². The Hall–Kier alpha value is -3.75. The highest BCUT2D eigenvalue weighted by Crippen LogP contribution is 2.52. The van der Waals surface area contributed by atoms with E-state index in [2.05, 4.69) is 5.32 Å². The molecule has 2 aromatic rings. The minimum Gasteiger partial charge on any atom is -0.363 e. The highest BCUT2D eigenvalue weighted by molar-refractivity contribution is 6.20. The average molecular weight is 436 g/mol. The molecule has 2 atom stereocenters. The number of hydrogen-bond donors (Lipinski definition) is 1. The number of carbonyl (C=O) groups excluding carboxylic acids is 3. The van der Waals surface area contributed by atoms with Crippen LogP contribution in [0, 0.1) is 15.5 Å². The van der Waals surface area contributed by atoms with Gasteiger partial charge in [0.15, 0.2) is 5.41 Å². The van der Waals surface area contributed by atoms with E-state index < -0.39 is 40.3 Å². The Labute approximate surface area is 185 Å². The number of nitro groups is 1. The van der Waals surface area contributed by atoms with Crippen LogP contribution in [0.1, 0.15) is 37.9 Å². The van der Waals surface area contributed by atoms with Crippen molar-refractivity contribution in [2.75, 3.05) is 11.4 Å². The molecule has 1 fully saturated rings. The van der Waals surface area contributed by atoms with Gasteiger partial charge in [-0.05, 0) is 38.0 Å². The van der Waals surface area contributed by atoms with Crippen LogP contribution in [-0.4, -0.2) is 40.3 Å². The number of hydrogen-bond acceptors (Lipinski definition) is 6. The van der Waals surface area contributed by atoms with Gasteiger partial charge in [-0.15, -0.1) is 0 Å². The van der Waals surface area contributed by atoms with Crippen LogP contribution in [0.15, 0.2) is 48.5 Å². The van der Waals surface area contributed by atoms with E-state index in [0.29, 0.717) is 12.1 Å². The minimum absolute atomic E-state index is 0.0543. The first-order valence-electron chi connectivity index (χ1n) is 10.5. The number of nitro benzene ring substituents is 1. The Morgan fingerprint density at radius 1 is 1.16 bits per heavy atom. The number of nitrogens with zero attached hydrogens (tertiary/aromatic N) is 3. The fourth-order valence-electron chi connectivity index (χ4n) is 4.90. The largest absolute Gasteiger partial charge is 0.363 e.